The maximum absolute atomic E-state index is 12.3. The van der Waals surface area contributed by atoms with Gasteiger partial charge in [-0.25, -0.2) is 0 Å². The standard InChI is InChI=1S/C12H12BrN3O3/c1-6-8(2-7(13)3-9(6)14)12(19)16-4-10(17)15-11(18)5-16/h2-3H,4-5,14H2,1H3,(H,15,17,18). The molecule has 0 radical (unpaired) electrons. The van der Waals surface area contributed by atoms with Crippen molar-refractivity contribution in [1.29, 1.82) is 0 Å². The first kappa shape index (κ1) is 13.5. The van der Waals surface area contributed by atoms with Crippen LogP contribution in [0.1, 0.15) is 15.9 Å². The molecule has 0 atom stereocenters. The van der Waals surface area contributed by atoms with E-state index in [0.29, 0.717) is 21.3 Å². The number of nitrogens with one attached hydrogen (secondary N) is 1. The number of anilines is 1. The number of piperazine rings is 1. The van der Waals surface area contributed by atoms with Gasteiger partial charge in [0, 0.05) is 15.7 Å². The van der Waals surface area contributed by atoms with E-state index in [9.17, 15) is 14.4 Å². The zero-order valence-corrected chi connectivity index (χ0v) is 11.8. The lowest BCUT2D eigenvalue weighted by molar-refractivity contribution is -0.135. The zero-order valence-electron chi connectivity index (χ0n) is 10.2. The molecule has 1 fully saturated rings. The fourth-order valence-electron chi connectivity index (χ4n) is 1.87. The van der Waals surface area contributed by atoms with Crippen molar-refractivity contribution in [3.63, 3.8) is 0 Å². The first-order valence-corrected chi connectivity index (χ1v) is 6.35. The number of benzene rings is 1. The quantitative estimate of drug-likeness (QED) is 0.578. The summed E-state index contributed by atoms with van der Waals surface area (Å²) >= 11 is 3.27. The van der Waals surface area contributed by atoms with Crippen molar-refractivity contribution in [1.82, 2.24) is 10.2 Å². The average Bonchev–Trinajstić information content (AvgIpc) is 2.31. The number of rotatable bonds is 1. The summed E-state index contributed by atoms with van der Waals surface area (Å²) in [6.45, 7) is 1.47. The van der Waals surface area contributed by atoms with Crippen LogP contribution in [0.4, 0.5) is 5.69 Å². The smallest absolute Gasteiger partial charge is 0.255 e. The summed E-state index contributed by atoms with van der Waals surface area (Å²) < 4.78 is 0.673. The molecule has 7 heteroatoms. The van der Waals surface area contributed by atoms with Crippen LogP contribution in [0, 0.1) is 6.92 Å². The van der Waals surface area contributed by atoms with Gasteiger partial charge in [-0.05, 0) is 24.6 Å². The topological polar surface area (TPSA) is 92.5 Å². The van der Waals surface area contributed by atoms with Crippen LogP contribution in [-0.2, 0) is 9.59 Å². The summed E-state index contributed by atoms with van der Waals surface area (Å²) in [7, 11) is 0. The van der Waals surface area contributed by atoms with E-state index in [2.05, 4.69) is 21.2 Å². The first-order chi connectivity index (χ1) is 8.88. The van der Waals surface area contributed by atoms with Crippen molar-refractivity contribution in [3.05, 3.63) is 27.7 Å². The lowest BCUT2D eigenvalue weighted by Gasteiger charge is -2.26. The van der Waals surface area contributed by atoms with Gasteiger partial charge in [-0.3, -0.25) is 19.7 Å². The highest BCUT2D eigenvalue weighted by molar-refractivity contribution is 9.10. The van der Waals surface area contributed by atoms with Gasteiger partial charge in [0.15, 0.2) is 0 Å². The number of halogens is 1. The number of carbonyl (C=O) groups is 3. The maximum atomic E-state index is 12.3. The van der Waals surface area contributed by atoms with Crippen LogP contribution in [0.5, 0.6) is 0 Å². The SMILES string of the molecule is Cc1c(N)cc(Br)cc1C(=O)N1CC(=O)NC(=O)C1. The van der Waals surface area contributed by atoms with Gasteiger partial charge in [0.2, 0.25) is 11.8 Å². The highest BCUT2D eigenvalue weighted by atomic mass is 79.9. The fourth-order valence-corrected chi connectivity index (χ4v) is 2.35. The minimum atomic E-state index is -0.481. The number of hydrogen-bond acceptors (Lipinski definition) is 4. The fraction of sp³-hybridized carbons (Fsp3) is 0.250. The molecule has 1 aromatic rings. The molecule has 1 heterocycles. The van der Waals surface area contributed by atoms with Gasteiger partial charge in [0.05, 0.1) is 0 Å². The Morgan fingerprint density at radius 1 is 1.32 bits per heavy atom. The van der Waals surface area contributed by atoms with Crippen LogP contribution < -0.4 is 11.1 Å². The molecule has 3 N–H and O–H groups in total. The van der Waals surface area contributed by atoms with Gasteiger partial charge >= 0.3 is 0 Å². The number of nitrogen functional groups attached to an aromatic ring is 1. The van der Waals surface area contributed by atoms with Gasteiger partial charge in [-0.2, -0.15) is 0 Å². The van der Waals surface area contributed by atoms with Gasteiger partial charge in [-0.1, -0.05) is 15.9 Å². The second kappa shape index (κ2) is 5.00. The van der Waals surface area contributed by atoms with Crippen LogP contribution in [0.15, 0.2) is 16.6 Å². The number of imide groups is 1. The van der Waals surface area contributed by atoms with E-state index in [4.69, 9.17) is 5.73 Å². The van der Waals surface area contributed by atoms with Crippen molar-refractivity contribution in [3.8, 4) is 0 Å². The molecule has 1 saturated heterocycles. The molecular formula is C12H12BrN3O3. The number of nitrogens with two attached hydrogens (primary N) is 1. The van der Waals surface area contributed by atoms with Gasteiger partial charge in [-0.15, -0.1) is 0 Å². The summed E-state index contributed by atoms with van der Waals surface area (Å²) in [4.78, 5) is 36.1. The molecule has 0 bridgehead atoms. The van der Waals surface area contributed by atoms with Crippen molar-refractivity contribution in [2.24, 2.45) is 0 Å². The number of nitrogens with zero attached hydrogens (tertiary/aromatic N) is 1. The van der Waals surface area contributed by atoms with Crippen LogP contribution >= 0.6 is 15.9 Å². The number of hydrogen-bond donors (Lipinski definition) is 2. The van der Waals surface area contributed by atoms with Crippen molar-refractivity contribution >= 4 is 39.3 Å². The largest absolute Gasteiger partial charge is 0.398 e. The Kier molecular flexibility index (Phi) is 3.57. The molecule has 100 valence electrons. The molecule has 0 saturated carbocycles. The molecule has 1 aliphatic heterocycles. The molecular weight excluding hydrogens is 314 g/mol. The Labute approximate surface area is 118 Å². The van der Waals surface area contributed by atoms with E-state index in [1.165, 1.54) is 4.90 Å². The Morgan fingerprint density at radius 2 is 1.89 bits per heavy atom. The minimum Gasteiger partial charge on any atom is -0.398 e. The van der Waals surface area contributed by atoms with Crippen LogP contribution in [0.2, 0.25) is 0 Å². The van der Waals surface area contributed by atoms with Crippen LogP contribution in [-0.4, -0.2) is 35.7 Å². The van der Waals surface area contributed by atoms with Crippen LogP contribution in [0.3, 0.4) is 0 Å². The summed E-state index contributed by atoms with van der Waals surface area (Å²) in [5.41, 5.74) is 7.29. The van der Waals surface area contributed by atoms with Crippen molar-refractivity contribution < 1.29 is 14.4 Å². The number of amides is 3. The van der Waals surface area contributed by atoms with Gasteiger partial charge in [0.25, 0.3) is 5.91 Å². The predicted octanol–water partition coefficient (Wildman–Crippen LogP) is 0.438. The molecule has 0 aliphatic carbocycles. The highest BCUT2D eigenvalue weighted by Crippen LogP contribution is 2.24. The molecule has 1 aliphatic rings. The third kappa shape index (κ3) is 2.76. The normalized spacial score (nSPS) is 15.4. The monoisotopic (exact) mass is 325 g/mol. The molecule has 2 rings (SSSR count). The average molecular weight is 326 g/mol. The Hall–Kier alpha value is -1.89. The molecule has 6 nitrogen and oxygen atoms in total. The summed E-state index contributed by atoms with van der Waals surface area (Å²) in [5, 5.41) is 2.15. The second-order valence-corrected chi connectivity index (χ2v) is 5.22. The molecule has 0 aromatic heterocycles. The summed E-state index contributed by atoms with van der Waals surface area (Å²) in [6, 6.07) is 3.32. The van der Waals surface area contributed by atoms with E-state index < -0.39 is 11.8 Å². The molecule has 0 unspecified atom stereocenters. The first-order valence-electron chi connectivity index (χ1n) is 5.56. The van der Waals surface area contributed by atoms with E-state index in [0.717, 1.165) is 0 Å². The zero-order chi connectivity index (χ0) is 14.2. The van der Waals surface area contributed by atoms with E-state index in [-0.39, 0.29) is 19.0 Å². The third-order valence-electron chi connectivity index (χ3n) is 2.88. The summed E-state index contributed by atoms with van der Waals surface area (Å²) in [5.74, 6) is -1.34. The van der Waals surface area contributed by atoms with Crippen molar-refractivity contribution in [2.75, 3.05) is 18.8 Å². The highest BCUT2D eigenvalue weighted by Gasteiger charge is 2.28. The minimum absolute atomic E-state index is 0.129. The lowest BCUT2D eigenvalue weighted by atomic mass is 10.1. The Balaban J connectivity index is 2.34. The molecule has 1 aromatic carbocycles. The maximum Gasteiger partial charge on any atom is 0.255 e. The van der Waals surface area contributed by atoms with Gasteiger partial charge in [0.1, 0.15) is 13.1 Å². The second-order valence-electron chi connectivity index (χ2n) is 4.30. The van der Waals surface area contributed by atoms with Crippen molar-refractivity contribution in [2.45, 2.75) is 6.92 Å². The summed E-state index contributed by atoms with van der Waals surface area (Å²) in [6.07, 6.45) is 0. The Morgan fingerprint density at radius 3 is 2.47 bits per heavy atom. The number of carbonyl (C=O) groups excluding carboxylic acids is 3. The van der Waals surface area contributed by atoms with E-state index in [1.807, 2.05) is 0 Å². The molecule has 0 spiro atoms. The van der Waals surface area contributed by atoms with E-state index in [1.54, 1.807) is 19.1 Å². The molecule has 3 amide bonds. The third-order valence-corrected chi connectivity index (χ3v) is 3.34. The Bertz CT molecular complexity index is 570. The molecule has 19 heavy (non-hydrogen) atoms. The van der Waals surface area contributed by atoms with Crippen LogP contribution in [0.25, 0.3) is 0 Å². The van der Waals surface area contributed by atoms with Gasteiger partial charge < -0.3 is 10.6 Å². The van der Waals surface area contributed by atoms with E-state index >= 15 is 0 Å². The lowest BCUT2D eigenvalue weighted by Crippen LogP contribution is -2.53. The predicted molar refractivity (Wildman–Crippen MR) is 72.3 cm³/mol.